The van der Waals surface area contributed by atoms with Crippen molar-refractivity contribution in [2.45, 2.75) is 38.3 Å². The second-order valence-electron chi connectivity index (χ2n) is 10.1. The van der Waals surface area contributed by atoms with Gasteiger partial charge in [0.25, 0.3) is 17.6 Å². The Morgan fingerprint density at radius 1 is 1.12 bits per heavy atom. The average Bonchev–Trinajstić information content (AvgIpc) is 3.60. The number of carbonyl (C=O) groups is 2. The van der Waals surface area contributed by atoms with Crippen LogP contribution in [0, 0.1) is 0 Å². The van der Waals surface area contributed by atoms with Crippen LogP contribution in [0.3, 0.4) is 0 Å². The Hall–Kier alpha value is -4.79. The molecule has 2 amide bonds. The molecule has 1 atom stereocenters. The number of H-pyrrole nitrogens is 1. The molecule has 4 aromatic rings. The number of anilines is 1. The van der Waals surface area contributed by atoms with E-state index >= 15 is 0 Å². The molecule has 2 aromatic carbocycles. The quantitative estimate of drug-likeness (QED) is 0.354. The fourth-order valence-corrected chi connectivity index (χ4v) is 4.94. The van der Waals surface area contributed by atoms with Gasteiger partial charge >= 0.3 is 6.18 Å². The number of hydrogen-bond donors (Lipinski definition) is 2. The van der Waals surface area contributed by atoms with Crippen molar-refractivity contribution < 1.29 is 27.5 Å². The van der Waals surface area contributed by atoms with Crippen LogP contribution >= 0.6 is 0 Å². The predicted molar refractivity (Wildman–Crippen MR) is 141 cm³/mol. The lowest BCUT2D eigenvalue weighted by atomic mass is 10.1. The highest BCUT2D eigenvalue weighted by Crippen LogP contribution is 2.33. The number of likely N-dealkylation sites (N-methyl/N-ethyl adjacent to an activating group) is 1. The first-order valence-electron chi connectivity index (χ1n) is 13.2. The first kappa shape index (κ1) is 27.4. The summed E-state index contributed by atoms with van der Waals surface area (Å²) in [6.07, 6.45) is -4.12. The second-order valence-corrected chi connectivity index (χ2v) is 10.1. The summed E-state index contributed by atoms with van der Waals surface area (Å²) in [4.78, 5) is 37.4. The van der Waals surface area contributed by atoms with Crippen LogP contribution in [-0.4, -0.2) is 72.9 Å². The number of carbonyl (C=O) groups excluding carboxylic acids is 2. The molecule has 0 saturated carbocycles. The first-order valence-corrected chi connectivity index (χ1v) is 13.2. The van der Waals surface area contributed by atoms with Crippen molar-refractivity contribution in [2.75, 3.05) is 25.1 Å². The maximum atomic E-state index is 13.2. The summed E-state index contributed by atoms with van der Waals surface area (Å²) >= 11 is 0. The molecule has 2 N–H and O–H groups in total. The van der Waals surface area contributed by atoms with E-state index in [9.17, 15) is 22.8 Å². The van der Waals surface area contributed by atoms with Crippen LogP contribution in [0.25, 0.3) is 0 Å². The van der Waals surface area contributed by atoms with Crippen LogP contribution in [0.1, 0.15) is 39.2 Å². The summed E-state index contributed by atoms with van der Waals surface area (Å²) in [5.41, 5.74) is 2.37. The third kappa shape index (κ3) is 5.68. The third-order valence-corrected chi connectivity index (χ3v) is 7.08. The number of hydrogen-bond acceptors (Lipinski definition) is 8. The highest BCUT2D eigenvalue weighted by molar-refractivity contribution is 6.02. The first-order chi connectivity index (χ1) is 20.1. The molecule has 0 fully saturated rings. The van der Waals surface area contributed by atoms with Crippen molar-refractivity contribution in [3.63, 3.8) is 0 Å². The number of alkyl halides is 3. The molecular weight excluding hydrogens is 555 g/mol. The molecule has 0 radical (unpaired) electrons. The van der Waals surface area contributed by atoms with Crippen molar-refractivity contribution in [1.29, 1.82) is 0 Å². The normalized spacial score (nSPS) is 17.3. The van der Waals surface area contributed by atoms with Crippen LogP contribution in [0.2, 0.25) is 0 Å². The van der Waals surface area contributed by atoms with Crippen molar-refractivity contribution in [2.24, 2.45) is 0 Å². The molecule has 218 valence electrons. The minimum atomic E-state index is -4.59. The van der Waals surface area contributed by atoms with Gasteiger partial charge in [0.15, 0.2) is 0 Å². The van der Waals surface area contributed by atoms with Crippen molar-refractivity contribution in [3.8, 4) is 5.75 Å². The lowest BCUT2D eigenvalue weighted by Gasteiger charge is -2.27. The van der Waals surface area contributed by atoms with Crippen LogP contribution in [0.15, 0.2) is 48.5 Å². The largest absolute Gasteiger partial charge is 0.489 e. The number of fused-ring (bicyclic) bond motifs is 2. The Labute approximate surface area is 237 Å². The molecule has 15 heteroatoms. The summed E-state index contributed by atoms with van der Waals surface area (Å²) in [5.74, 6) is -0.987. The van der Waals surface area contributed by atoms with Gasteiger partial charge in [-0.05, 0) is 23.3 Å². The fraction of sp³-hybridized carbons (Fsp3) is 0.333. The zero-order valence-corrected chi connectivity index (χ0v) is 22.4. The maximum absolute atomic E-state index is 13.2. The molecule has 12 nitrogen and oxygen atoms in total. The topological polar surface area (TPSA) is 134 Å². The maximum Gasteiger partial charge on any atom is 0.453 e. The van der Waals surface area contributed by atoms with E-state index in [0.717, 1.165) is 11.1 Å². The number of halogens is 3. The number of aromatic nitrogens is 6. The van der Waals surface area contributed by atoms with E-state index in [0.29, 0.717) is 36.8 Å². The van der Waals surface area contributed by atoms with Gasteiger partial charge in [0.2, 0.25) is 5.82 Å². The molecule has 2 aromatic heterocycles. The van der Waals surface area contributed by atoms with Gasteiger partial charge < -0.3 is 15.0 Å². The molecule has 6 rings (SSSR count). The Bertz CT molecular complexity index is 1620. The van der Waals surface area contributed by atoms with Gasteiger partial charge in [0.1, 0.15) is 30.0 Å². The minimum Gasteiger partial charge on any atom is -0.489 e. The van der Waals surface area contributed by atoms with Gasteiger partial charge in [-0.15, -0.1) is 10.2 Å². The number of benzene rings is 2. The van der Waals surface area contributed by atoms with E-state index in [4.69, 9.17) is 4.74 Å². The number of rotatable bonds is 6. The summed E-state index contributed by atoms with van der Waals surface area (Å²) in [6.45, 7) is 1.31. The van der Waals surface area contributed by atoms with Crippen LogP contribution < -0.4 is 15.0 Å². The van der Waals surface area contributed by atoms with E-state index in [2.05, 4.69) is 30.6 Å². The van der Waals surface area contributed by atoms with Crippen LogP contribution in [0.5, 0.6) is 5.75 Å². The SMILES string of the molecule is CN1C(=O)[C@@H](NC(=O)c2n[nH]c(Cc3ccccc3)n2)COc2cc(CN3CCn4nc(C(F)(F)F)nc4C3)ccc21. The summed E-state index contributed by atoms with van der Waals surface area (Å²) in [5, 5.41) is 13.0. The standard InChI is InChI=1S/C27H26F3N9O3/c1-37-19-8-7-17(13-38-9-10-39-22(14-38)33-26(36-39)27(28,29)30)11-20(19)42-15-18(25(37)41)31-24(40)23-32-21(34-35-23)12-16-5-3-2-4-6-16/h2-8,11,18H,9-10,12-15H2,1H3,(H,31,40)(H,32,34,35)/t18-/m0/s1. The number of amides is 2. The molecule has 0 saturated heterocycles. The zero-order valence-electron chi connectivity index (χ0n) is 22.4. The van der Waals surface area contributed by atoms with Crippen LogP contribution in [-0.2, 0) is 37.0 Å². The molecule has 42 heavy (non-hydrogen) atoms. The lowest BCUT2D eigenvalue weighted by molar-refractivity contribution is -0.145. The number of ether oxygens (including phenoxy) is 1. The fourth-order valence-electron chi connectivity index (χ4n) is 4.94. The van der Waals surface area contributed by atoms with E-state index in [1.807, 2.05) is 41.3 Å². The van der Waals surface area contributed by atoms with Gasteiger partial charge in [-0.1, -0.05) is 36.4 Å². The number of aromatic amines is 1. The van der Waals surface area contributed by atoms with Gasteiger partial charge in [0.05, 0.1) is 18.8 Å². The number of nitrogens with one attached hydrogen (secondary N) is 2. The number of nitrogens with zero attached hydrogens (tertiary/aromatic N) is 7. The predicted octanol–water partition coefficient (Wildman–Crippen LogP) is 2.18. The minimum absolute atomic E-state index is 0.0832. The Balaban J connectivity index is 1.10. The second kappa shape index (κ2) is 10.9. The monoisotopic (exact) mass is 581 g/mol. The highest BCUT2D eigenvalue weighted by Gasteiger charge is 2.38. The zero-order chi connectivity index (χ0) is 29.4. The van der Waals surface area contributed by atoms with Crippen molar-refractivity contribution in [3.05, 3.63) is 83.0 Å². The lowest BCUT2D eigenvalue weighted by Crippen LogP contribution is -2.49. The summed E-state index contributed by atoms with van der Waals surface area (Å²) in [7, 11) is 1.59. The average molecular weight is 582 g/mol. The third-order valence-electron chi connectivity index (χ3n) is 7.08. The Morgan fingerprint density at radius 3 is 2.71 bits per heavy atom. The van der Waals surface area contributed by atoms with Gasteiger partial charge in [-0.25, -0.2) is 14.6 Å². The molecule has 2 aliphatic heterocycles. The molecule has 0 unspecified atom stereocenters. The van der Waals surface area contributed by atoms with Crippen LogP contribution in [0.4, 0.5) is 18.9 Å². The van der Waals surface area contributed by atoms with Gasteiger partial charge in [-0.3, -0.25) is 19.6 Å². The van der Waals surface area contributed by atoms with E-state index in [1.165, 1.54) is 9.58 Å². The smallest absolute Gasteiger partial charge is 0.453 e. The molecule has 0 bridgehead atoms. The molecular formula is C27H26F3N9O3. The highest BCUT2D eigenvalue weighted by atomic mass is 19.4. The van der Waals surface area contributed by atoms with Gasteiger partial charge in [0, 0.05) is 26.6 Å². The van der Waals surface area contributed by atoms with Gasteiger partial charge in [-0.2, -0.15) is 13.2 Å². The van der Waals surface area contributed by atoms with Crippen molar-refractivity contribution >= 4 is 17.5 Å². The van der Waals surface area contributed by atoms with E-state index < -0.39 is 23.9 Å². The van der Waals surface area contributed by atoms with Crippen molar-refractivity contribution in [1.82, 2.24) is 40.2 Å². The summed E-state index contributed by atoms with van der Waals surface area (Å²) < 4.78 is 46.3. The molecule has 4 heterocycles. The summed E-state index contributed by atoms with van der Waals surface area (Å²) in [6, 6.07) is 14.0. The Morgan fingerprint density at radius 2 is 1.93 bits per heavy atom. The van der Waals surface area contributed by atoms with E-state index in [1.54, 1.807) is 19.2 Å². The Kier molecular flexibility index (Phi) is 7.10. The van der Waals surface area contributed by atoms with E-state index in [-0.39, 0.29) is 37.3 Å². The molecule has 2 aliphatic rings. The molecule has 0 spiro atoms. The molecule has 0 aliphatic carbocycles.